The first-order chi connectivity index (χ1) is 11.0. The summed E-state index contributed by atoms with van der Waals surface area (Å²) in [4.78, 5) is 12.2. The van der Waals surface area contributed by atoms with Gasteiger partial charge in [0.1, 0.15) is 5.75 Å². The number of carbonyl (C=O) groups excluding carboxylic acids is 1. The Bertz CT molecular complexity index is 499. The van der Waals surface area contributed by atoms with Crippen LogP contribution in [-0.4, -0.2) is 18.6 Å². The third kappa shape index (κ3) is 5.54. The second-order valence-corrected chi connectivity index (χ2v) is 7.12. The molecule has 1 saturated carbocycles. The Hall–Kier alpha value is -1.55. The molecule has 3 atom stereocenters. The Balaban J connectivity index is 1.82. The fraction of sp³-hybridized carbons (Fsp3) is 0.632. The zero-order valence-electron chi connectivity index (χ0n) is 14.5. The van der Waals surface area contributed by atoms with E-state index in [1.54, 1.807) is 0 Å². The van der Waals surface area contributed by atoms with Crippen molar-refractivity contribution in [2.24, 2.45) is 17.6 Å². The van der Waals surface area contributed by atoms with Crippen LogP contribution in [0.3, 0.4) is 0 Å². The summed E-state index contributed by atoms with van der Waals surface area (Å²) in [7, 11) is 0. The van der Waals surface area contributed by atoms with Gasteiger partial charge in [-0.3, -0.25) is 4.79 Å². The van der Waals surface area contributed by atoms with Gasteiger partial charge in [0.05, 0.1) is 12.6 Å². The van der Waals surface area contributed by atoms with Crippen LogP contribution in [0, 0.1) is 11.8 Å². The molecule has 4 nitrogen and oxygen atoms in total. The zero-order chi connectivity index (χ0) is 16.8. The maximum Gasteiger partial charge on any atom is 0.220 e. The predicted molar refractivity (Wildman–Crippen MR) is 93.3 cm³/mol. The first kappa shape index (κ1) is 17.8. The Labute approximate surface area is 139 Å². The number of rotatable bonds is 7. The van der Waals surface area contributed by atoms with Gasteiger partial charge in [-0.15, -0.1) is 0 Å². The van der Waals surface area contributed by atoms with Gasteiger partial charge in [0.25, 0.3) is 0 Å². The summed E-state index contributed by atoms with van der Waals surface area (Å²) < 4.78 is 5.68. The molecule has 0 aliphatic heterocycles. The van der Waals surface area contributed by atoms with Gasteiger partial charge < -0.3 is 15.8 Å². The molecule has 128 valence electrons. The first-order valence-corrected chi connectivity index (χ1v) is 8.73. The topological polar surface area (TPSA) is 64.3 Å². The average Bonchev–Trinajstić information content (AvgIpc) is 2.90. The molecule has 1 aliphatic carbocycles. The number of benzene rings is 1. The smallest absolute Gasteiger partial charge is 0.220 e. The van der Waals surface area contributed by atoms with Crippen LogP contribution in [-0.2, 0) is 4.79 Å². The zero-order valence-corrected chi connectivity index (χ0v) is 14.5. The van der Waals surface area contributed by atoms with Gasteiger partial charge in [-0.2, -0.15) is 0 Å². The fourth-order valence-electron chi connectivity index (χ4n) is 3.06. The molecule has 1 fully saturated rings. The van der Waals surface area contributed by atoms with Crippen molar-refractivity contribution in [3.05, 3.63) is 29.8 Å². The number of ether oxygens (including phenoxy) is 1. The molecule has 2 rings (SSSR count). The van der Waals surface area contributed by atoms with Gasteiger partial charge in [-0.1, -0.05) is 32.4 Å². The Morgan fingerprint density at radius 2 is 1.96 bits per heavy atom. The van der Waals surface area contributed by atoms with Crippen molar-refractivity contribution in [2.45, 2.75) is 58.5 Å². The second kappa shape index (κ2) is 8.34. The minimum atomic E-state index is -0.000670. The van der Waals surface area contributed by atoms with Crippen molar-refractivity contribution >= 4 is 5.91 Å². The molecule has 1 unspecified atom stereocenters. The maximum atomic E-state index is 12.2. The normalized spacial score (nSPS) is 22.1. The van der Waals surface area contributed by atoms with Crippen LogP contribution in [0.2, 0.25) is 0 Å². The van der Waals surface area contributed by atoms with E-state index in [0.717, 1.165) is 30.6 Å². The molecular weight excluding hydrogens is 288 g/mol. The van der Waals surface area contributed by atoms with Gasteiger partial charge in [0, 0.05) is 12.5 Å². The van der Waals surface area contributed by atoms with Crippen LogP contribution in [0.5, 0.6) is 5.75 Å². The molecule has 3 N–H and O–H groups in total. The summed E-state index contributed by atoms with van der Waals surface area (Å²) >= 11 is 0. The highest BCUT2D eigenvalue weighted by atomic mass is 16.5. The van der Waals surface area contributed by atoms with Crippen molar-refractivity contribution in [1.29, 1.82) is 0 Å². The first-order valence-electron chi connectivity index (χ1n) is 8.73. The lowest BCUT2D eigenvalue weighted by molar-refractivity contribution is -0.122. The minimum Gasteiger partial charge on any atom is -0.493 e. The van der Waals surface area contributed by atoms with Gasteiger partial charge >= 0.3 is 0 Å². The van der Waals surface area contributed by atoms with Crippen molar-refractivity contribution in [3.63, 3.8) is 0 Å². The van der Waals surface area contributed by atoms with Crippen LogP contribution in [0.1, 0.15) is 58.1 Å². The molecule has 1 amide bonds. The van der Waals surface area contributed by atoms with Gasteiger partial charge in [-0.25, -0.2) is 0 Å². The van der Waals surface area contributed by atoms with Gasteiger partial charge in [-0.05, 0) is 49.3 Å². The van der Waals surface area contributed by atoms with Crippen LogP contribution >= 0.6 is 0 Å². The third-order valence-electron chi connectivity index (χ3n) is 4.51. The summed E-state index contributed by atoms with van der Waals surface area (Å²) in [5, 5.41) is 3.08. The standard InChI is InChI=1S/C19H30N2O2/c1-13(2)12-23-17-9-7-15(8-10-17)14(3)21-19(22)11-16-5-4-6-18(16)20/h7-10,13-14,16,18H,4-6,11-12,20H2,1-3H3,(H,21,22)/t14?,16-,18+/m0/s1. The van der Waals surface area contributed by atoms with E-state index in [0.29, 0.717) is 24.9 Å². The van der Waals surface area contributed by atoms with Crippen LogP contribution in [0.4, 0.5) is 0 Å². The molecule has 23 heavy (non-hydrogen) atoms. The van der Waals surface area contributed by atoms with Crippen molar-refractivity contribution in [3.8, 4) is 5.75 Å². The number of nitrogens with two attached hydrogens (primary N) is 1. The molecular formula is C19H30N2O2. The Morgan fingerprint density at radius 1 is 1.26 bits per heavy atom. The van der Waals surface area contributed by atoms with Crippen LogP contribution in [0.25, 0.3) is 0 Å². The van der Waals surface area contributed by atoms with Crippen molar-refractivity contribution in [2.75, 3.05) is 6.61 Å². The van der Waals surface area contributed by atoms with Crippen LogP contribution in [0.15, 0.2) is 24.3 Å². The average molecular weight is 318 g/mol. The van der Waals surface area contributed by atoms with Gasteiger partial charge in [0.2, 0.25) is 5.91 Å². The summed E-state index contributed by atoms with van der Waals surface area (Å²) in [6.07, 6.45) is 3.81. The summed E-state index contributed by atoms with van der Waals surface area (Å²) in [5.74, 6) is 1.82. The molecule has 1 aromatic carbocycles. The van der Waals surface area contributed by atoms with Crippen LogP contribution < -0.4 is 15.8 Å². The number of hydrogen-bond acceptors (Lipinski definition) is 3. The molecule has 0 saturated heterocycles. The summed E-state index contributed by atoms with van der Waals surface area (Å²) in [6.45, 7) is 6.98. The minimum absolute atomic E-state index is 0.000670. The summed E-state index contributed by atoms with van der Waals surface area (Å²) in [5.41, 5.74) is 7.13. The highest BCUT2D eigenvalue weighted by molar-refractivity contribution is 5.76. The van der Waals surface area contributed by atoms with Crippen molar-refractivity contribution < 1.29 is 9.53 Å². The van der Waals surface area contributed by atoms with E-state index < -0.39 is 0 Å². The van der Waals surface area contributed by atoms with E-state index >= 15 is 0 Å². The maximum absolute atomic E-state index is 12.2. The largest absolute Gasteiger partial charge is 0.493 e. The lowest BCUT2D eigenvalue weighted by atomic mass is 9.99. The molecule has 4 heteroatoms. The molecule has 1 aromatic rings. The predicted octanol–water partition coefficient (Wildman–Crippen LogP) is 3.42. The van der Waals surface area contributed by atoms with E-state index in [4.69, 9.17) is 10.5 Å². The van der Waals surface area contributed by atoms with E-state index in [1.165, 1.54) is 0 Å². The Kier molecular flexibility index (Phi) is 6.46. The van der Waals surface area contributed by atoms with Gasteiger partial charge in [0.15, 0.2) is 0 Å². The number of nitrogens with one attached hydrogen (secondary N) is 1. The number of hydrogen-bond donors (Lipinski definition) is 2. The lowest BCUT2D eigenvalue weighted by Crippen LogP contribution is -2.32. The van der Waals surface area contributed by atoms with E-state index in [1.807, 2.05) is 31.2 Å². The molecule has 1 aliphatic rings. The molecule has 0 heterocycles. The highest BCUT2D eigenvalue weighted by Crippen LogP contribution is 2.27. The quantitative estimate of drug-likeness (QED) is 0.809. The SMILES string of the molecule is CC(C)COc1ccc(C(C)NC(=O)C[C@@H]2CCC[C@H]2N)cc1. The monoisotopic (exact) mass is 318 g/mol. The third-order valence-corrected chi connectivity index (χ3v) is 4.51. The number of amides is 1. The Morgan fingerprint density at radius 3 is 2.52 bits per heavy atom. The summed E-state index contributed by atoms with van der Waals surface area (Å²) in [6, 6.07) is 8.15. The lowest BCUT2D eigenvalue weighted by Gasteiger charge is -2.18. The highest BCUT2D eigenvalue weighted by Gasteiger charge is 2.26. The molecule has 0 bridgehead atoms. The molecule has 0 aromatic heterocycles. The molecule has 0 radical (unpaired) electrons. The van der Waals surface area contributed by atoms with E-state index in [9.17, 15) is 4.79 Å². The van der Waals surface area contributed by atoms with E-state index in [-0.39, 0.29) is 18.0 Å². The van der Waals surface area contributed by atoms with Crippen molar-refractivity contribution in [1.82, 2.24) is 5.32 Å². The number of carbonyl (C=O) groups is 1. The molecule has 0 spiro atoms. The second-order valence-electron chi connectivity index (χ2n) is 7.12. The van der Waals surface area contributed by atoms with E-state index in [2.05, 4.69) is 19.2 Å². The fourth-order valence-corrected chi connectivity index (χ4v) is 3.06.